The SMILES string of the molecule is Cc1cc(C)cc(NC(=O)c2cc(N3CCOCC3)on2)c1. The van der Waals surface area contributed by atoms with Gasteiger partial charge in [0.25, 0.3) is 5.91 Å². The summed E-state index contributed by atoms with van der Waals surface area (Å²) in [5.41, 5.74) is 3.24. The van der Waals surface area contributed by atoms with Gasteiger partial charge in [0.1, 0.15) is 0 Å². The van der Waals surface area contributed by atoms with Crippen molar-refractivity contribution in [3.05, 3.63) is 41.1 Å². The van der Waals surface area contributed by atoms with Crippen LogP contribution in [0.4, 0.5) is 11.6 Å². The summed E-state index contributed by atoms with van der Waals surface area (Å²) in [5.74, 6) is 0.335. The van der Waals surface area contributed by atoms with Crippen molar-refractivity contribution in [3.8, 4) is 0 Å². The number of anilines is 2. The number of rotatable bonds is 3. The molecule has 0 atom stereocenters. The Morgan fingerprint density at radius 3 is 2.50 bits per heavy atom. The molecule has 1 saturated heterocycles. The molecule has 1 aliphatic heterocycles. The highest BCUT2D eigenvalue weighted by Gasteiger charge is 2.19. The van der Waals surface area contributed by atoms with Crippen LogP contribution in [0.1, 0.15) is 21.6 Å². The summed E-state index contributed by atoms with van der Waals surface area (Å²) in [6.07, 6.45) is 0. The van der Waals surface area contributed by atoms with Crippen LogP contribution in [0.25, 0.3) is 0 Å². The van der Waals surface area contributed by atoms with Crippen molar-refractivity contribution in [1.29, 1.82) is 0 Å². The van der Waals surface area contributed by atoms with Crippen molar-refractivity contribution in [3.63, 3.8) is 0 Å². The van der Waals surface area contributed by atoms with E-state index < -0.39 is 0 Å². The first-order valence-corrected chi connectivity index (χ1v) is 7.31. The summed E-state index contributed by atoms with van der Waals surface area (Å²) < 4.78 is 10.6. The third kappa shape index (κ3) is 3.28. The van der Waals surface area contributed by atoms with Gasteiger partial charge in [-0.25, -0.2) is 0 Å². The maximum Gasteiger partial charge on any atom is 0.277 e. The molecule has 1 amide bonds. The van der Waals surface area contributed by atoms with E-state index in [9.17, 15) is 4.79 Å². The molecule has 6 heteroatoms. The lowest BCUT2D eigenvalue weighted by Gasteiger charge is -2.25. The highest BCUT2D eigenvalue weighted by Crippen LogP contribution is 2.19. The number of morpholine rings is 1. The standard InChI is InChI=1S/C16H19N3O3/c1-11-7-12(2)9-13(8-11)17-16(20)14-10-15(22-18-14)19-3-5-21-6-4-19/h7-10H,3-6H2,1-2H3,(H,17,20). The molecular weight excluding hydrogens is 282 g/mol. The van der Waals surface area contributed by atoms with Crippen molar-refractivity contribution in [2.45, 2.75) is 13.8 Å². The van der Waals surface area contributed by atoms with E-state index in [1.165, 1.54) is 0 Å². The second-order valence-electron chi connectivity index (χ2n) is 5.48. The first-order chi connectivity index (χ1) is 10.6. The van der Waals surface area contributed by atoms with Crippen LogP contribution in [0.2, 0.25) is 0 Å². The van der Waals surface area contributed by atoms with E-state index in [4.69, 9.17) is 9.26 Å². The van der Waals surface area contributed by atoms with Crippen molar-refractivity contribution >= 4 is 17.5 Å². The first kappa shape index (κ1) is 14.6. The highest BCUT2D eigenvalue weighted by atomic mass is 16.5. The smallest absolute Gasteiger partial charge is 0.277 e. The van der Waals surface area contributed by atoms with E-state index in [-0.39, 0.29) is 11.6 Å². The van der Waals surface area contributed by atoms with E-state index in [1.54, 1.807) is 6.07 Å². The molecule has 1 aliphatic rings. The van der Waals surface area contributed by atoms with Gasteiger partial charge < -0.3 is 19.5 Å². The van der Waals surface area contributed by atoms with Gasteiger partial charge in [-0.15, -0.1) is 0 Å². The van der Waals surface area contributed by atoms with Crippen LogP contribution in [0.3, 0.4) is 0 Å². The second kappa shape index (κ2) is 6.19. The average molecular weight is 301 g/mol. The molecular formula is C16H19N3O3. The molecule has 3 rings (SSSR count). The highest BCUT2D eigenvalue weighted by molar-refractivity contribution is 6.03. The molecule has 0 radical (unpaired) electrons. The Kier molecular flexibility index (Phi) is 4.11. The van der Waals surface area contributed by atoms with E-state index in [1.807, 2.05) is 30.9 Å². The van der Waals surface area contributed by atoms with Crippen LogP contribution in [-0.2, 0) is 4.74 Å². The summed E-state index contributed by atoms with van der Waals surface area (Å²) in [7, 11) is 0. The van der Waals surface area contributed by atoms with Crippen LogP contribution < -0.4 is 10.2 Å². The largest absolute Gasteiger partial charge is 0.378 e. The van der Waals surface area contributed by atoms with Crippen molar-refractivity contribution < 1.29 is 14.1 Å². The fourth-order valence-electron chi connectivity index (χ4n) is 2.55. The fraction of sp³-hybridized carbons (Fsp3) is 0.375. The monoisotopic (exact) mass is 301 g/mol. The molecule has 1 aromatic carbocycles. The number of benzene rings is 1. The molecule has 0 spiro atoms. The predicted molar refractivity (Wildman–Crippen MR) is 83.4 cm³/mol. The number of nitrogens with one attached hydrogen (secondary N) is 1. The van der Waals surface area contributed by atoms with Crippen molar-refractivity contribution in [1.82, 2.24) is 5.16 Å². The Labute approximate surface area is 129 Å². The fourth-order valence-corrected chi connectivity index (χ4v) is 2.55. The van der Waals surface area contributed by atoms with Gasteiger partial charge in [0, 0.05) is 24.8 Å². The number of hydrogen-bond acceptors (Lipinski definition) is 5. The zero-order valence-electron chi connectivity index (χ0n) is 12.8. The van der Waals surface area contributed by atoms with Crippen LogP contribution >= 0.6 is 0 Å². The number of carbonyl (C=O) groups is 1. The van der Waals surface area contributed by atoms with E-state index in [2.05, 4.69) is 16.5 Å². The number of ether oxygens (including phenoxy) is 1. The lowest BCUT2D eigenvalue weighted by Crippen LogP contribution is -2.35. The number of hydrogen-bond donors (Lipinski definition) is 1. The van der Waals surface area contributed by atoms with Gasteiger partial charge >= 0.3 is 0 Å². The topological polar surface area (TPSA) is 67.6 Å². The minimum absolute atomic E-state index is 0.270. The van der Waals surface area contributed by atoms with Crippen LogP contribution in [0, 0.1) is 13.8 Å². The van der Waals surface area contributed by atoms with Gasteiger partial charge in [-0.2, -0.15) is 0 Å². The maximum absolute atomic E-state index is 12.3. The molecule has 0 bridgehead atoms. The summed E-state index contributed by atoms with van der Waals surface area (Å²) in [4.78, 5) is 14.3. The average Bonchev–Trinajstić information content (AvgIpc) is 2.97. The molecule has 1 aromatic heterocycles. The van der Waals surface area contributed by atoms with Crippen molar-refractivity contribution in [2.75, 3.05) is 36.5 Å². The second-order valence-corrected chi connectivity index (χ2v) is 5.48. The van der Waals surface area contributed by atoms with E-state index >= 15 is 0 Å². The predicted octanol–water partition coefficient (Wildman–Crippen LogP) is 2.38. The van der Waals surface area contributed by atoms with Gasteiger partial charge in [-0.3, -0.25) is 4.79 Å². The van der Waals surface area contributed by atoms with E-state index in [0.29, 0.717) is 19.1 Å². The van der Waals surface area contributed by atoms with Crippen LogP contribution in [-0.4, -0.2) is 37.4 Å². The zero-order valence-corrected chi connectivity index (χ0v) is 12.8. The maximum atomic E-state index is 12.3. The minimum Gasteiger partial charge on any atom is -0.378 e. The Hall–Kier alpha value is -2.34. The number of carbonyl (C=O) groups excluding carboxylic acids is 1. The molecule has 0 unspecified atom stereocenters. The molecule has 0 saturated carbocycles. The zero-order chi connectivity index (χ0) is 15.5. The lowest BCUT2D eigenvalue weighted by molar-refractivity contribution is 0.101. The Bertz CT molecular complexity index is 655. The van der Waals surface area contributed by atoms with Gasteiger partial charge in [-0.1, -0.05) is 11.2 Å². The molecule has 2 aromatic rings. The summed E-state index contributed by atoms with van der Waals surface area (Å²) in [6.45, 7) is 6.79. The Morgan fingerprint density at radius 2 is 1.82 bits per heavy atom. The number of nitrogens with zero attached hydrogens (tertiary/aromatic N) is 2. The first-order valence-electron chi connectivity index (χ1n) is 7.31. The molecule has 2 heterocycles. The summed E-state index contributed by atoms with van der Waals surface area (Å²) >= 11 is 0. The number of amides is 1. The molecule has 6 nitrogen and oxygen atoms in total. The Balaban J connectivity index is 1.71. The minimum atomic E-state index is -0.270. The van der Waals surface area contributed by atoms with E-state index in [0.717, 1.165) is 29.9 Å². The lowest BCUT2D eigenvalue weighted by atomic mass is 10.1. The normalized spacial score (nSPS) is 14.9. The number of aryl methyl sites for hydroxylation is 2. The van der Waals surface area contributed by atoms with Crippen LogP contribution in [0.5, 0.6) is 0 Å². The molecule has 0 aliphatic carbocycles. The number of aromatic nitrogens is 1. The van der Waals surface area contributed by atoms with Crippen LogP contribution in [0.15, 0.2) is 28.8 Å². The quantitative estimate of drug-likeness (QED) is 0.942. The van der Waals surface area contributed by atoms with Gasteiger partial charge in [0.15, 0.2) is 5.69 Å². The van der Waals surface area contributed by atoms with Gasteiger partial charge in [0.2, 0.25) is 5.88 Å². The van der Waals surface area contributed by atoms with Gasteiger partial charge in [0.05, 0.1) is 13.2 Å². The molecule has 1 N–H and O–H groups in total. The third-order valence-corrected chi connectivity index (χ3v) is 3.53. The third-order valence-electron chi connectivity index (χ3n) is 3.53. The van der Waals surface area contributed by atoms with Crippen molar-refractivity contribution in [2.24, 2.45) is 0 Å². The summed E-state index contributed by atoms with van der Waals surface area (Å²) in [6, 6.07) is 7.58. The Morgan fingerprint density at radius 1 is 1.14 bits per heavy atom. The molecule has 1 fully saturated rings. The van der Waals surface area contributed by atoms with Gasteiger partial charge in [-0.05, 0) is 37.1 Å². The molecule has 22 heavy (non-hydrogen) atoms. The molecule has 116 valence electrons. The summed E-state index contributed by atoms with van der Waals surface area (Å²) in [5, 5.41) is 6.71.